The minimum absolute atomic E-state index is 0.0430. The first-order valence-electron chi connectivity index (χ1n) is 6.03. The molecule has 0 radical (unpaired) electrons. The molecular formula is C14H18ClNO3. The van der Waals surface area contributed by atoms with E-state index in [0.717, 1.165) is 5.56 Å². The summed E-state index contributed by atoms with van der Waals surface area (Å²) < 4.78 is 4.68. The second-order valence-electron chi connectivity index (χ2n) is 4.55. The van der Waals surface area contributed by atoms with Crippen LogP contribution in [0.1, 0.15) is 29.8 Å². The van der Waals surface area contributed by atoms with Crippen LogP contribution < -0.4 is 5.32 Å². The predicted octanol–water partition coefficient (Wildman–Crippen LogP) is 2.35. The van der Waals surface area contributed by atoms with E-state index in [2.05, 4.69) is 10.1 Å². The summed E-state index contributed by atoms with van der Waals surface area (Å²) in [5.74, 6) is -0.386. The first-order valence-corrected chi connectivity index (χ1v) is 6.56. The van der Waals surface area contributed by atoms with Crippen molar-refractivity contribution >= 4 is 23.5 Å². The molecule has 104 valence electrons. The van der Waals surface area contributed by atoms with Crippen LogP contribution in [0.25, 0.3) is 0 Å². The topological polar surface area (TPSA) is 55.4 Å². The smallest absolute Gasteiger partial charge is 0.328 e. The molecule has 0 spiro atoms. The largest absolute Gasteiger partial charge is 0.467 e. The third-order valence-electron chi connectivity index (χ3n) is 2.78. The Morgan fingerprint density at radius 1 is 1.26 bits per heavy atom. The number of methoxy groups -OCH3 is 1. The quantitative estimate of drug-likeness (QED) is 0.667. The zero-order valence-electron chi connectivity index (χ0n) is 11.3. The molecule has 1 amide bonds. The second-order valence-corrected chi connectivity index (χ2v) is 4.82. The monoisotopic (exact) mass is 283 g/mol. The van der Waals surface area contributed by atoms with Gasteiger partial charge < -0.3 is 10.1 Å². The summed E-state index contributed by atoms with van der Waals surface area (Å²) in [6, 6.07) is 6.28. The molecule has 1 atom stereocenters. The molecule has 19 heavy (non-hydrogen) atoms. The van der Waals surface area contributed by atoms with Crippen molar-refractivity contribution in [2.45, 2.75) is 25.8 Å². The van der Waals surface area contributed by atoms with Gasteiger partial charge in [-0.1, -0.05) is 26.0 Å². The van der Waals surface area contributed by atoms with E-state index < -0.39 is 12.0 Å². The maximum absolute atomic E-state index is 12.0. The van der Waals surface area contributed by atoms with Gasteiger partial charge in [0.25, 0.3) is 5.91 Å². The van der Waals surface area contributed by atoms with E-state index in [9.17, 15) is 9.59 Å². The van der Waals surface area contributed by atoms with Gasteiger partial charge in [-0.25, -0.2) is 4.79 Å². The normalized spacial score (nSPS) is 12.1. The summed E-state index contributed by atoms with van der Waals surface area (Å²) in [7, 11) is 1.30. The first kappa shape index (κ1) is 15.5. The van der Waals surface area contributed by atoms with E-state index in [-0.39, 0.29) is 11.8 Å². The van der Waals surface area contributed by atoms with Gasteiger partial charge in [-0.2, -0.15) is 0 Å². The highest BCUT2D eigenvalue weighted by atomic mass is 35.5. The molecule has 4 nitrogen and oxygen atoms in total. The fourth-order valence-electron chi connectivity index (χ4n) is 1.59. The summed E-state index contributed by atoms with van der Waals surface area (Å²) in [6.45, 7) is 3.69. The Morgan fingerprint density at radius 2 is 1.84 bits per heavy atom. The van der Waals surface area contributed by atoms with Gasteiger partial charge in [0.2, 0.25) is 0 Å². The molecule has 1 aromatic rings. The summed E-state index contributed by atoms with van der Waals surface area (Å²) in [4.78, 5) is 23.6. The highest BCUT2D eigenvalue weighted by molar-refractivity contribution is 6.17. The zero-order valence-corrected chi connectivity index (χ0v) is 12.0. The van der Waals surface area contributed by atoms with Crippen LogP contribution in [0, 0.1) is 5.92 Å². The van der Waals surface area contributed by atoms with Crippen LogP contribution in [0.5, 0.6) is 0 Å². The molecule has 1 N–H and O–H groups in total. The highest BCUT2D eigenvalue weighted by Crippen LogP contribution is 2.09. The van der Waals surface area contributed by atoms with Crippen LogP contribution in [0.3, 0.4) is 0 Å². The Bertz CT molecular complexity index is 443. The molecule has 1 rings (SSSR count). The van der Waals surface area contributed by atoms with E-state index in [0.29, 0.717) is 11.4 Å². The van der Waals surface area contributed by atoms with E-state index >= 15 is 0 Å². The van der Waals surface area contributed by atoms with Crippen molar-refractivity contribution in [2.24, 2.45) is 5.92 Å². The van der Waals surface area contributed by atoms with Crippen LogP contribution in [-0.2, 0) is 15.4 Å². The van der Waals surface area contributed by atoms with Gasteiger partial charge in [0.15, 0.2) is 0 Å². The summed E-state index contributed by atoms with van der Waals surface area (Å²) in [5, 5.41) is 2.67. The molecule has 5 heteroatoms. The molecule has 0 aromatic heterocycles. The molecule has 0 fully saturated rings. The Hall–Kier alpha value is -1.55. The number of rotatable bonds is 5. The van der Waals surface area contributed by atoms with E-state index in [1.807, 2.05) is 13.8 Å². The fourth-order valence-corrected chi connectivity index (χ4v) is 1.77. The minimum Gasteiger partial charge on any atom is -0.467 e. The highest BCUT2D eigenvalue weighted by Gasteiger charge is 2.25. The number of amides is 1. The van der Waals surface area contributed by atoms with Crippen molar-refractivity contribution in [1.82, 2.24) is 5.32 Å². The molecule has 0 aliphatic carbocycles. The van der Waals surface area contributed by atoms with Gasteiger partial charge in [0.05, 0.1) is 7.11 Å². The maximum Gasteiger partial charge on any atom is 0.328 e. The fraction of sp³-hybridized carbons (Fsp3) is 0.429. The number of hydrogen-bond acceptors (Lipinski definition) is 3. The number of halogens is 1. The van der Waals surface area contributed by atoms with E-state index in [1.165, 1.54) is 7.11 Å². The number of benzene rings is 1. The third-order valence-corrected chi connectivity index (χ3v) is 3.09. The number of carbonyl (C=O) groups is 2. The van der Waals surface area contributed by atoms with Crippen molar-refractivity contribution in [3.8, 4) is 0 Å². The molecular weight excluding hydrogens is 266 g/mol. The van der Waals surface area contributed by atoms with E-state index in [4.69, 9.17) is 11.6 Å². The lowest BCUT2D eigenvalue weighted by Crippen LogP contribution is -2.45. The van der Waals surface area contributed by atoms with Gasteiger partial charge in [0, 0.05) is 11.4 Å². The maximum atomic E-state index is 12.0. The molecule has 0 saturated heterocycles. The van der Waals surface area contributed by atoms with E-state index in [1.54, 1.807) is 24.3 Å². The number of alkyl halides is 1. The van der Waals surface area contributed by atoms with Crippen LogP contribution in [0.15, 0.2) is 24.3 Å². The van der Waals surface area contributed by atoms with Crippen molar-refractivity contribution in [3.63, 3.8) is 0 Å². The molecule has 0 aliphatic rings. The first-order chi connectivity index (χ1) is 8.99. The van der Waals surface area contributed by atoms with Crippen molar-refractivity contribution in [1.29, 1.82) is 0 Å². The average molecular weight is 284 g/mol. The number of esters is 1. The van der Waals surface area contributed by atoms with Crippen molar-refractivity contribution in [2.75, 3.05) is 7.11 Å². The Balaban J connectivity index is 2.78. The molecule has 0 saturated carbocycles. The van der Waals surface area contributed by atoms with Gasteiger partial charge in [-0.15, -0.1) is 11.6 Å². The van der Waals surface area contributed by atoms with Gasteiger partial charge in [0.1, 0.15) is 6.04 Å². The lowest BCUT2D eigenvalue weighted by Gasteiger charge is -2.19. The van der Waals surface area contributed by atoms with Crippen LogP contribution in [-0.4, -0.2) is 25.0 Å². The lowest BCUT2D eigenvalue weighted by molar-refractivity contribution is -0.144. The standard InChI is InChI=1S/C14H18ClNO3/c1-9(2)12(14(18)19-3)16-13(17)11-6-4-10(8-15)5-7-11/h4-7,9,12H,8H2,1-3H3,(H,16,17). The summed E-state index contributed by atoms with van der Waals surface area (Å²) in [6.07, 6.45) is 0. The third kappa shape index (κ3) is 4.24. The molecule has 1 aromatic carbocycles. The van der Waals surface area contributed by atoms with Gasteiger partial charge in [-0.05, 0) is 23.6 Å². The van der Waals surface area contributed by atoms with Crippen molar-refractivity contribution < 1.29 is 14.3 Å². The number of carbonyl (C=O) groups excluding carboxylic acids is 2. The minimum atomic E-state index is -0.648. The van der Waals surface area contributed by atoms with Gasteiger partial charge >= 0.3 is 5.97 Å². The molecule has 1 unspecified atom stereocenters. The number of hydrogen-bond donors (Lipinski definition) is 1. The molecule has 0 heterocycles. The number of nitrogens with one attached hydrogen (secondary N) is 1. The number of ether oxygens (including phenoxy) is 1. The average Bonchev–Trinajstić information content (AvgIpc) is 2.43. The van der Waals surface area contributed by atoms with Crippen molar-refractivity contribution in [3.05, 3.63) is 35.4 Å². The Labute approximate surface area is 118 Å². The lowest BCUT2D eigenvalue weighted by atomic mass is 10.0. The zero-order chi connectivity index (χ0) is 14.4. The Morgan fingerprint density at radius 3 is 2.26 bits per heavy atom. The van der Waals surface area contributed by atoms with Crippen LogP contribution in [0.2, 0.25) is 0 Å². The molecule has 0 aliphatic heterocycles. The molecule has 0 bridgehead atoms. The summed E-state index contributed by atoms with van der Waals surface area (Å²) in [5.41, 5.74) is 1.43. The van der Waals surface area contributed by atoms with Gasteiger partial charge in [-0.3, -0.25) is 4.79 Å². The predicted molar refractivity (Wildman–Crippen MR) is 74.1 cm³/mol. The van der Waals surface area contributed by atoms with Crippen LogP contribution >= 0.6 is 11.6 Å². The summed E-state index contributed by atoms with van der Waals surface area (Å²) >= 11 is 5.68. The SMILES string of the molecule is COC(=O)C(NC(=O)c1ccc(CCl)cc1)C(C)C. The Kier molecular flexibility index (Phi) is 5.83. The van der Waals surface area contributed by atoms with Crippen LogP contribution in [0.4, 0.5) is 0 Å². The second kappa shape index (κ2) is 7.14.